The largest absolute Gasteiger partial charge is 0.383 e. The second-order valence-electron chi connectivity index (χ2n) is 5.64. The van der Waals surface area contributed by atoms with E-state index in [1.807, 2.05) is 0 Å². The molecule has 0 radical (unpaired) electrons. The fourth-order valence-electron chi connectivity index (χ4n) is 2.69. The van der Waals surface area contributed by atoms with Crippen LogP contribution >= 0.6 is 0 Å². The smallest absolute Gasteiger partial charge is 0.235 e. The molecule has 19 heavy (non-hydrogen) atoms. The number of hydrogen-bond acceptors (Lipinski definition) is 3. The van der Waals surface area contributed by atoms with Gasteiger partial charge in [-0.05, 0) is 25.7 Å². The van der Waals surface area contributed by atoms with Crippen molar-refractivity contribution < 1.29 is 14.3 Å². The van der Waals surface area contributed by atoms with Gasteiger partial charge in [-0.25, -0.2) is 0 Å². The standard InChI is InChI=1S/C14H24N2O3/c1-19-10-9-15-12(17)14(7-8-14)13(18)16-11-5-3-2-4-6-11/h11H,2-10H2,1H3,(H,15,17)(H,16,18). The molecule has 108 valence electrons. The summed E-state index contributed by atoms with van der Waals surface area (Å²) in [6.45, 7) is 0.944. The molecule has 5 nitrogen and oxygen atoms in total. The Morgan fingerprint density at radius 1 is 1.16 bits per heavy atom. The fraction of sp³-hybridized carbons (Fsp3) is 0.857. The summed E-state index contributed by atoms with van der Waals surface area (Å²) < 4.78 is 4.89. The van der Waals surface area contributed by atoms with Crippen molar-refractivity contribution in [2.75, 3.05) is 20.3 Å². The van der Waals surface area contributed by atoms with Crippen LogP contribution in [0.4, 0.5) is 0 Å². The molecule has 0 heterocycles. The second kappa shape index (κ2) is 6.37. The summed E-state index contributed by atoms with van der Waals surface area (Å²) in [6.07, 6.45) is 7.06. The normalized spacial score (nSPS) is 21.7. The third-order valence-corrected chi connectivity index (χ3v) is 4.15. The van der Waals surface area contributed by atoms with Crippen LogP contribution in [0.3, 0.4) is 0 Å². The average Bonchev–Trinajstić information content (AvgIpc) is 3.21. The lowest BCUT2D eigenvalue weighted by Crippen LogP contribution is -2.47. The van der Waals surface area contributed by atoms with E-state index in [4.69, 9.17) is 4.74 Å². The topological polar surface area (TPSA) is 67.4 Å². The van der Waals surface area contributed by atoms with Crippen LogP contribution in [0.5, 0.6) is 0 Å². The molecule has 2 rings (SSSR count). The molecule has 5 heteroatoms. The van der Waals surface area contributed by atoms with Crippen LogP contribution in [0.25, 0.3) is 0 Å². The molecule has 2 N–H and O–H groups in total. The maximum atomic E-state index is 12.3. The first-order valence-corrected chi connectivity index (χ1v) is 7.27. The molecule has 0 spiro atoms. The maximum Gasteiger partial charge on any atom is 0.235 e. The molecule has 2 fully saturated rings. The van der Waals surface area contributed by atoms with Crippen LogP contribution in [-0.2, 0) is 14.3 Å². The minimum Gasteiger partial charge on any atom is -0.383 e. The molecule has 2 aliphatic carbocycles. The molecule has 0 aromatic carbocycles. The Morgan fingerprint density at radius 3 is 2.42 bits per heavy atom. The summed E-state index contributed by atoms with van der Waals surface area (Å²) >= 11 is 0. The highest BCUT2D eigenvalue weighted by Crippen LogP contribution is 2.46. The summed E-state index contributed by atoms with van der Waals surface area (Å²) in [7, 11) is 1.59. The van der Waals surface area contributed by atoms with Gasteiger partial charge in [-0.1, -0.05) is 19.3 Å². The quantitative estimate of drug-likeness (QED) is 0.557. The maximum absolute atomic E-state index is 12.3. The molecular weight excluding hydrogens is 244 g/mol. The van der Waals surface area contributed by atoms with Gasteiger partial charge in [0, 0.05) is 19.7 Å². The first-order valence-electron chi connectivity index (χ1n) is 7.27. The van der Waals surface area contributed by atoms with E-state index in [1.54, 1.807) is 7.11 Å². The van der Waals surface area contributed by atoms with Crippen molar-refractivity contribution in [1.29, 1.82) is 0 Å². The summed E-state index contributed by atoms with van der Waals surface area (Å²) in [6, 6.07) is 0.269. The zero-order valence-corrected chi connectivity index (χ0v) is 11.7. The van der Waals surface area contributed by atoms with Crippen molar-refractivity contribution in [2.45, 2.75) is 51.0 Å². The van der Waals surface area contributed by atoms with Crippen molar-refractivity contribution >= 4 is 11.8 Å². The van der Waals surface area contributed by atoms with E-state index >= 15 is 0 Å². The van der Waals surface area contributed by atoms with E-state index in [1.165, 1.54) is 19.3 Å². The molecule has 0 aromatic heterocycles. The minimum atomic E-state index is -0.787. The fourth-order valence-corrected chi connectivity index (χ4v) is 2.69. The van der Waals surface area contributed by atoms with Crippen molar-refractivity contribution in [3.05, 3.63) is 0 Å². The van der Waals surface area contributed by atoms with Gasteiger partial charge in [0.15, 0.2) is 0 Å². The molecule has 2 saturated carbocycles. The summed E-state index contributed by atoms with van der Waals surface area (Å²) in [4.78, 5) is 24.3. The molecule has 0 saturated heterocycles. The van der Waals surface area contributed by atoms with Gasteiger partial charge >= 0.3 is 0 Å². The minimum absolute atomic E-state index is 0.0747. The van der Waals surface area contributed by atoms with Gasteiger partial charge in [0.05, 0.1) is 6.61 Å². The van der Waals surface area contributed by atoms with Gasteiger partial charge < -0.3 is 15.4 Å². The number of amides is 2. The van der Waals surface area contributed by atoms with Crippen LogP contribution in [0.2, 0.25) is 0 Å². The molecule has 2 amide bonds. The number of methoxy groups -OCH3 is 1. The van der Waals surface area contributed by atoms with Crippen LogP contribution in [-0.4, -0.2) is 38.1 Å². The molecule has 0 bridgehead atoms. The number of carbonyl (C=O) groups excluding carboxylic acids is 2. The monoisotopic (exact) mass is 268 g/mol. The van der Waals surface area contributed by atoms with E-state index in [0.717, 1.165) is 12.8 Å². The summed E-state index contributed by atoms with van der Waals surface area (Å²) in [5, 5.41) is 5.84. The molecule has 0 aromatic rings. The summed E-state index contributed by atoms with van der Waals surface area (Å²) in [5.74, 6) is -0.216. The van der Waals surface area contributed by atoms with Gasteiger partial charge in [0.1, 0.15) is 5.41 Å². The van der Waals surface area contributed by atoms with Crippen LogP contribution in [0.15, 0.2) is 0 Å². The highest BCUT2D eigenvalue weighted by atomic mass is 16.5. The highest BCUT2D eigenvalue weighted by Gasteiger charge is 2.56. The van der Waals surface area contributed by atoms with Gasteiger partial charge in [-0.2, -0.15) is 0 Å². The van der Waals surface area contributed by atoms with Gasteiger partial charge in [-0.15, -0.1) is 0 Å². The number of rotatable bonds is 6. The lowest BCUT2D eigenvalue weighted by molar-refractivity contribution is -0.137. The van der Waals surface area contributed by atoms with E-state index in [9.17, 15) is 9.59 Å². The van der Waals surface area contributed by atoms with Gasteiger partial charge in [0.2, 0.25) is 11.8 Å². The number of nitrogens with one attached hydrogen (secondary N) is 2. The molecular formula is C14H24N2O3. The second-order valence-corrected chi connectivity index (χ2v) is 5.64. The number of carbonyl (C=O) groups is 2. The zero-order chi connectivity index (χ0) is 13.7. The third-order valence-electron chi connectivity index (χ3n) is 4.15. The Kier molecular flexibility index (Phi) is 4.80. The molecule has 0 unspecified atom stereocenters. The predicted octanol–water partition coefficient (Wildman–Crippen LogP) is 0.978. The Bertz CT molecular complexity index is 334. The Morgan fingerprint density at radius 2 is 1.84 bits per heavy atom. The average molecular weight is 268 g/mol. The van der Waals surface area contributed by atoms with Crippen LogP contribution in [0.1, 0.15) is 44.9 Å². The van der Waals surface area contributed by atoms with Crippen molar-refractivity contribution in [3.63, 3.8) is 0 Å². The van der Waals surface area contributed by atoms with Crippen LogP contribution in [0, 0.1) is 5.41 Å². The van der Waals surface area contributed by atoms with E-state index in [0.29, 0.717) is 26.0 Å². The first-order chi connectivity index (χ1) is 9.19. The van der Waals surface area contributed by atoms with Crippen LogP contribution < -0.4 is 10.6 Å². The van der Waals surface area contributed by atoms with Gasteiger partial charge in [0.25, 0.3) is 0 Å². The Labute approximate surface area is 114 Å². The van der Waals surface area contributed by atoms with Crippen molar-refractivity contribution in [3.8, 4) is 0 Å². The van der Waals surface area contributed by atoms with E-state index in [2.05, 4.69) is 10.6 Å². The Balaban J connectivity index is 1.81. The lowest BCUT2D eigenvalue weighted by Gasteiger charge is -2.25. The first kappa shape index (κ1) is 14.3. The third kappa shape index (κ3) is 3.47. The van der Waals surface area contributed by atoms with Crippen molar-refractivity contribution in [2.24, 2.45) is 5.41 Å². The number of ether oxygens (including phenoxy) is 1. The molecule has 2 aliphatic rings. The SMILES string of the molecule is COCCNC(=O)C1(C(=O)NC2CCCCC2)CC1. The van der Waals surface area contributed by atoms with Gasteiger partial charge in [-0.3, -0.25) is 9.59 Å². The molecule has 0 aliphatic heterocycles. The van der Waals surface area contributed by atoms with E-state index < -0.39 is 5.41 Å². The molecule has 0 atom stereocenters. The van der Waals surface area contributed by atoms with Crippen molar-refractivity contribution in [1.82, 2.24) is 10.6 Å². The van der Waals surface area contributed by atoms with E-state index in [-0.39, 0.29) is 17.9 Å². The zero-order valence-electron chi connectivity index (χ0n) is 11.7. The highest BCUT2D eigenvalue weighted by molar-refractivity contribution is 6.07. The predicted molar refractivity (Wildman–Crippen MR) is 71.6 cm³/mol. The Hall–Kier alpha value is -1.10. The summed E-state index contributed by atoms with van der Waals surface area (Å²) in [5.41, 5.74) is -0.787. The number of hydrogen-bond donors (Lipinski definition) is 2. The lowest BCUT2D eigenvalue weighted by atomic mass is 9.94.